The summed E-state index contributed by atoms with van der Waals surface area (Å²) in [5.41, 5.74) is 5.88. The first-order valence-electron chi connectivity index (χ1n) is 5.25. The predicted molar refractivity (Wildman–Crippen MR) is 61.0 cm³/mol. The summed E-state index contributed by atoms with van der Waals surface area (Å²) < 4.78 is 10.5. The largest absolute Gasteiger partial charge is 0.492 e. The lowest BCUT2D eigenvalue weighted by Gasteiger charge is -2.12. The molecule has 0 spiro atoms. The first-order valence-corrected chi connectivity index (χ1v) is 5.25. The highest BCUT2D eigenvalue weighted by Crippen LogP contribution is 2.08. The van der Waals surface area contributed by atoms with E-state index in [1.54, 1.807) is 7.11 Å². The van der Waals surface area contributed by atoms with Gasteiger partial charge in [0.2, 0.25) is 0 Å². The number of ether oxygens (including phenoxy) is 2. The van der Waals surface area contributed by atoms with Crippen LogP contribution in [0.5, 0.6) is 5.75 Å². The molecule has 0 heterocycles. The molecule has 0 amide bonds. The molecule has 0 saturated carbocycles. The zero-order chi connectivity index (χ0) is 10.9. The van der Waals surface area contributed by atoms with Gasteiger partial charge in [-0.05, 0) is 25.0 Å². The minimum atomic E-state index is 0.0837. The van der Waals surface area contributed by atoms with Gasteiger partial charge < -0.3 is 15.2 Å². The number of rotatable bonds is 7. The minimum absolute atomic E-state index is 0.0837. The van der Waals surface area contributed by atoms with Gasteiger partial charge in [0.15, 0.2) is 0 Å². The van der Waals surface area contributed by atoms with Gasteiger partial charge in [-0.2, -0.15) is 0 Å². The third kappa shape index (κ3) is 5.40. The molecule has 0 aliphatic rings. The lowest BCUT2D eigenvalue weighted by Crippen LogP contribution is -2.28. The molecule has 0 radical (unpaired) electrons. The fourth-order valence-electron chi connectivity index (χ4n) is 1.29. The molecule has 1 atom stereocenters. The van der Waals surface area contributed by atoms with Crippen LogP contribution in [-0.2, 0) is 4.74 Å². The van der Waals surface area contributed by atoms with Crippen LogP contribution in [0.4, 0.5) is 0 Å². The van der Waals surface area contributed by atoms with Crippen LogP contribution in [0.15, 0.2) is 30.3 Å². The van der Waals surface area contributed by atoms with Gasteiger partial charge in [-0.3, -0.25) is 0 Å². The van der Waals surface area contributed by atoms with Crippen LogP contribution in [0.2, 0.25) is 0 Å². The van der Waals surface area contributed by atoms with E-state index < -0.39 is 0 Å². The summed E-state index contributed by atoms with van der Waals surface area (Å²) in [5, 5.41) is 0. The number of para-hydroxylation sites is 1. The summed E-state index contributed by atoms with van der Waals surface area (Å²) in [6.07, 6.45) is 1.91. The van der Waals surface area contributed by atoms with Crippen LogP contribution >= 0.6 is 0 Å². The molecule has 15 heavy (non-hydrogen) atoms. The van der Waals surface area contributed by atoms with Crippen molar-refractivity contribution in [2.45, 2.75) is 18.9 Å². The van der Waals surface area contributed by atoms with Crippen molar-refractivity contribution in [3.63, 3.8) is 0 Å². The van der Waals surface area contributed by atoms with Gasteiger partial charge in [-0.25, -0.2) is 0 Å². The Hall–Kier alpha value is -1.06. The molecule has 84 valence electrons. The van der Waals surface area contributed by atoms with E-state index >= 15 is 0 Å². The highest BCUT2D eigenvalue weighted by molar-refractivity contribution is 5.20. The Morgan fingerprint density at radius 3 is 2.67 bits per heavy atom. The van der Waals surface area contributed by atoms with Crippen molar-refractivity contribution in [3.05, 3.63) is 30.3 Å². The highest BCUT2D eigenvalue weighted by atomic mass is 16.5. The molecule has 2 N–H and O–H groups in total. The van der Waals surface area contributed by atoms with E-state index in [9.17, 15) is 0 Å². The molecular weight excluding hydrogens is 190 g/mol. The maximum Gasteiger partial charge on any atom is 0.119 e. The van der Waals surface area contributed by atoms with Gasteiger partial charge in [0.05, 0.1) is 0 Å². The molecule has 1 aromatic rings. The second-order valence-electron chi connectivity index (χ2n) is 3.52. The third-order valence-electron chi connectivity index (χ3n) is 2.13. The summed E-state index contributed by atoms with van der Waals surface area (Å²) in [4.78, 5) is 0. The SMILES string of the molecule is COCCCC(N)COc1ccccc1. The second kappa shape index (κ2) is 7.26. The molecule has 1 unspecified atom stereocenters. The van der Waals surface area contributed by atoms with Gasteiger partial charge in [0.1, 0.15) is 12.4 Å². The van der Waals surface area contributed by atoms with E-state index in [0.29, 0.717) is 6.61 Å². The third-order valence-corrected chi connectivity index (χ3v) is 2.13. The molecule has 1 rings (SSSR count). The van der Waals surface area contributed by atoms with Crippen molar-refractivity contribution in [1.29, 1.82) is 0 Å². The van der Waals surface area contributed by atoms with Gasteiger partial charge in [0, 0.05) is 19.8 Å². The lowest BCUT2D eigenvalue weighted by molar-refractivity contribution is 0.185. The molecular formula is C12H19NO2. The number of hydrogen-bond acceptors (Lipinski definition) is 3. The zero-order valence-electron chi connectivity index (χ0n) is 9.19. The Morgan fingerprint density at radius 1 is 1.27 bits per heavy atom. The Morgan fingerprint density at radius 2 is 2.00 bits per heavy atom. The zero-order valence-corrected chi connectivity index (χ0v) is 9.19. The van der Waals surface area contributed by atoms with Crippen LogP contribution in [0.1, 0.15) is 12.8 Å². The Kier molecular flexibility index (Phi) is 5.81. The van der Waals surface area contributed by atoms with Gasteiger partial charge in [-0.15, -0.1) is 0 Å². The van der Waals surface area contributed by atoms with Crippen LogP contribution in [0.3, 0.4) is 0 Å². The number of nitrogens with two attached hydrogens (primary N) is 1. The number of methoxy groups -OCH3 is 1. The molecule has 0 fully saturated rings. The smallest absolute Gasteiger partial charge is 0.119 e. The minimum Gasteiger partial charge on any atom is -0.492 e. The fraction of sp³-hybridized carbons (Fsp3) is 0.500. The quantitative estimate of drug-likeness (QED) is 0.697. The highest BCUT2D eigenvalue weighted by Gasteiger charge is 2.02. The summed E-state index contributed by atoms with van der Waals surface area (Å²) in [6, 6.07) is 9.81. The van der Waals surface area contributed by atoms with E-state index in [1.165, 1.54) is 0 Å². The van der Waals surface area contributed by atoms with Crippen LogP contribution < -0.4 is 10.5 Å². The van der Waals surface area contributed by atoms with Gasteiger partial charge in [-0.1, -0.05) is 18.2 Å². The molecule has 0 aromatic heterocycles. The van der Waals surface area contributed by atoms with Crippen molar-refractivity contribution in [2.24, 2.45) is 5.73 Å². The van der Waals surface area contributed by atoms with E-state index in [1.807, 2.05) is 30.3 Å². The number of benzene rings is 1. The van der Waals surface area contributed by atoms with Crippen LogP contribution in [-0.4, -0.2) is 26.4 Å². The maximum atomic E-state index is 5.88. The summed E-state index contributed by atoms with van der Waals surface area (Å²) >= 11 is 0. The molecule has 3 nitrogen and oxygen atoms in total. The molecule has 0 saturated heterocycles. The Bertz CT molecular complexity index is 251. The standard InChI is InChI=1S/C12H19NO2/c1-14-9-5-6-11(13)10-15-12-7-3-2-4-8-12/h2-4,7-8,11H,5-6,9-10,13H2,1H3. The average Bonchev–Trinajstić information content (AvgIpc) is 2.28. The lowest BCUT2D eigenvalue weighted by atomic mass is 10.2. The van der Waals surface area contributed by atoms with Crippen LogP contribution in [0.25, 0.3) is 0 Å². The van der Waals surface area contributed by atoms with Crippen molar-refractivity contribution >= 4 is 0 Å². The Labute approximate surface area is 91.2 Å². The molecule has 0 bridgehead atoms. The fourth-order valence-corrected chi connectivity index (χ4v) is 1.29. The second-order valence-corrected chi connectivity index (χ2v) is 3.52. The summed E-state index contributed by atoms with van der Waals surface area (Å²) in [6.45, 7) is 1.33. The summed E-state index contributed by atoms with van der Waals surface area (Å²) in [5.74, 6) is 0.875. The summed E-state index contributed by atoms with van der Waals surface area (Å²) in [7, 11) is 1.70. The van der Waals surface area contributed by atoms with Gasteiger partial charge in [0.25, 0.3) is 0 Å². The number of hydrogen-bond donors (Lipinski definition) is 1. The predicted octanol–water partition coefficient (Wildman–Crippen LogP) is 1.82. The van der Waals surface area contributed by atoms with E-state index in [-0.39, 0.29) is 6.04 Å². The van der Waals surface area contributed by atoms with E-state index in [2.05, 4.69) is 0 Å². The van der Waals surface area contributed by atoms with Crippen molar-refractivity contribution in [2.75, 3.05) is 20.3 Å². The first-order chi connectivity index (χ1) is 7.33. The van der Waals surface area contributed by atoms with E-state index in [4.69, 9.17) is 15.2 Å². The molecule has 0 aliphatic carbocycles. The molecule has 1 aromatic carbocycles. The monoisotopic (exact) mass is 209 g/mol. The first kappa shape index (κ1) is 12.0. The maximum absolute atomic E-state index is 5.88. The topological polar surface area (TPSA) is 44.5 Å². The molecule has 3 heteroatoms. The van der Waals surface area contributed by atoms with Gasteiger partial charge >= 0.3 is 0 Å². The molecule has 0 aliphatic heterocycles. The normalized spacial score (nSPS) is 12.4. The average molecular weight is 209 g/mol. The Balaban J connectivity index is 2.14. The van der Waals surface area contributed by atoms with Crippen LogP contribution in [0, 0.1) is 0 Å². The van der Waals surface area contributed by atoms with Crippen molar-refractivity contribution in [1.82, 2.24) is 0 Å². The van der Waals surface area contributed by atoms with Crippen molar-refractivity contribution < 1.29 is 9.47 Å². The van der Waals surface area contributed by atoms with Crippen molar-refractivity contribution in [3.8, 4) is 5.75 Å². The van der Waals surface area contributed by atoms with E-state index in [0.717, 1.165) is 25.2 Å².